The number of anilines is 2. The molecule has 0 amide bonds. The van der Waals surface area contributed by atoms with E-state index in [1.54, 1.807) is 7.05 Å². The molecule has 0 saturated carbocycles. The molecule has 4 nitrogen and oxygen atoms in total. The molecule has 0 spiro atoms. The molecule has 128 valence electrons. The summed E-state index contributed by atoms with van der Waals surface area (Å²) in [5, 5.41) is 5.80. The summed E-state index contributed by atoms with van der Waals surface area (Å²) in [7, 11) is 1.62. The number of nitrogens with one attached hydrogen (secondary N) is 2. The van der Waals surface area contributed by atoms with Gasteiger partial charge in [0.1, 0.15) is 5.82 Å². The maximum Gasteiger partial charge on any atom is 0.418 e. The fourth-order valence-electron chi connectivity index (χ4n) is 2.84. The van der Waals surface area contributed by atoms with Crippen LogP contribution in [0, 0.1) is 5.82 Å². The van der Waals surface area contributed by atoms with Crippen LogP contribution in [0.2, 0.25) is 0 Å². The Morgan fingerprint density at radius 1 is 1.21 bits per heavy atom. The molecular formula is C16H15F4N3O. The Kier molecular flexibility index (Phi) is 4.08. The largest absolute Gasteiger partial charge is 0.418 e. The Hall–Kier alpha value is -2.35. The van der Waals surface area contributed by atoms with Gasteiger partial charge in [0.2, 0.25) is 0 Å². The van der Waals surface area contributed by atoms with Crippen molar-refractivity contribution in [2.45, 2.75) is 19.1 Å². The average Bonchev–Trinajstić information content (AvgIpc) is 2.53. The third-order valence-corrected chi connectivity index (χ3v) is 4.08. The number of benzene rings is 1. The summed E-state index contributed by atoms with van der Waals surface area (Å²) in [6.07, 6.45) is -4.12. The number of pyridine rings is 1. The van der Waals surface area contributed by atoms with Gasteiger partial charge in [-0.2, -0.15) is 13.2 Å². The van der Waals surface area contributed by atoms with Gasteiger partial charge in [-0.25, -0.2) is 4.39 Å². The van der Waals surface area contributed by atoms with Gasteiger partial charge in [-0.15, -0.1) is 0 Å². The van der Waals surface area contributed by atoms with Crippen molar-refractivity contribution in [2.24, 2.45) is 7.05 Å². The summed E-state index contributed by atoms with van der Waals surface area (Å²) in [6.45, 7) is 1.13. The summed E-state index contributed by atoms with van der Waals surface area (Å²) in [5.74, 6) is -0.969. The molecule has 1 aliphatic heterocycles. The molecule has 0 bridgehead atoms. The molecule has 1 aromatic carbocycles. The van der Waals surface area contributed by atoms with Crippen molar-refractivity contribution in [1.29, 1.82) is 0 Å². The van der Waals surface area contributed by atoms with E-state index >= 15 is 0 Å². The van der Waals surface area contributed by atoms with Crippen LogP contribution in [0.25, 0.3) is 0 Å². The lowest BCUT2D eigenvalue weighted by Gasteiger charge is -2.24. The van der Waals surface area contributed by atoms with Crippen LogP contribution in [0.5, 0.6) is 0 Å². The molecule has 3 rings (SSSR count). The van der Waals surface area contributed by atoms with Crippen molar-refractivity contribution < 1.29 is 17.6 Å². The molecule has 0 fully saturated rings. The van der Waals surface area contributed by atoms with Gasteiger partial charge in [-0.3, -0.25) is 4.79 Å². The lowest BCUT2D eigenvalue weighted by molar-refractivity contribution is -0.137. The number of alkyl halides is 3. The molecule has 0 unspecified atom stereocenters. The Bertz CT molecular complexity index is 842. The highest BCUT2D eigenvalue weighted by molar-refractivity contribution is 5.67. The number of halogens is 4. The van der Waals surface area contributed by atoms with Gasteiger partial charge in [0.15, 0.2) is 0 Å². The zero-order valence-electron chi connectivity index (χ0n) is 12.8. The first-order chi connectivity index (χ1) is 11.3. The molecule has 0 atom stereocenters. The molecule has 1 aliphatic rings. The Labute approximate surface area is 135 Å². The van der Waals surface area contributed by atoms with E-state index in [2.05, 4.69) is 10.6 Å². The number of fused-ring (bicyclic) bond motifs is 1. The smallest absolute Gasteiger partial charge is 0.355 e. The maximum atomic E-state index is 13.2. The Morgan fingerprint density at radius 2 is 1.96 bits per heavy atom. The fraction of sp³-hybridized carbons (Fsp3) is 0.312. The van der Waals surface area contributed by atoms with Crippen molar-refractivity contribution in [3.8, 4) is 0 Å². The highest BCUT2D eigenvalue weighted by Crippen LogP contribution is 2.37. The molecule has 0 radical (unpaired) electrons. The summed E-state index contributed by atoms with van der Waals surface area (Å²) in [4.78, 5) is 12.1. The van der Waals surface area contributed by atoms with Crippen LogP contribution < -0.4 is 16.2 Å². The first-order valence-corrected chi connectivity index (χ1v) is 7.33. The Morgan fingerprint density at radius 3 is 2.67 bits per heavy atom. The standard InChI is InChI=1S/C16H15F4N3O/c1-23-14-8-21-5-4-10(14)13(7-15(23)24)22-12-3-2-9(17)6-11(12)16(18,19)20/h2-3,6-7,21-22H,4-5,8H2,1H3. The predicted molar refractivity (Wildman–Crippen MR) is 81.8 cm³/mol. The second-order valence-electron chi connectivity index (χ2n) is 5.62. The number of nitrogens with zero attached hydrogens (tertiary/aromatic N) is 1. The van der Waals surface area contributed by atoms with Crippen LogP contribution in [0.3, 0.4) is 0 Å². The van der Waals surface area contributed by atoms with Gasteiger partial charge in [0, 0.05) is 31.0 Å². The normalized spacial score (nSPS) is 14.4. The van der Waals surface area contributed by atoms with Crippen molar-refractivity contribution in [1.82, 2.24) is 9.88 Å². The lowest BCUT2D eigenvalue weighted by Crippen LogP contribution is -2.32. The van der Waals surface area contributed by atoms with E-state index in [1.165, 1.54) is 10.6 Å². The van der Waals surface area contributed by atoms with E-state index in [4.69, 9.17) is 0 Å². The van der Waals surface area contributed by atoms with Crippen LogP contribution in [0.4, 0.5) is 28.9 Å². The lowest BCUT2D eigenvalue weighted by atomic mass is 10.0. The zero-order valence-corrected chi connectivity index (χ0v) is 12.8. The van der Waals surface area contributed by atoms with Crippen molar-refractivity contribution in [3.63, 3.8) is 0 Å². The molecule has 8 heteroatoms. The van der Waals surface area contributed by atoms with Crippen LogP contribution in [-0.2, 0) is 26.2 Å². The molecular weight excluding hydrogens is 326 g/mol. The summed E-state index contributed by atoms with van der Waals surface area (Å²) < 4.78 is 54.1. The van der Waals surface area contributed by atoms with E-state index in [-0.39, 0.29) is 11.2 Å². The molecule has 2 heterocycles. The third kappa shape index (κ3) is 3.01. The van der Waals surface area contributed by atoms with E-state index in [9.17, 15) is 22.4 Å². The quantitative estimate of drug-likeness (QED) is 0.826. The summed E-state index contributed by atoms with van der Waals surface area (Å²) in [5.41, 5.74) is 0.131. The first-order valence-electron chi connectivity index (χ1n) is 7.33. The zero-order chi connectivity index (χ0) is 17.5. The number of hydrogen-bond donors (Lipinski definition) is 2. The highest BCUT2D eigenvalue weighted by atomic mass is 19.4. The van der Waals surface area contributed by atoms with Gasteiger partial charge in [0.05, 0.1) is 11.3 Å². The van der Waals surface area contributed by atoms with Crippen LogP contribution >= 0.6 is 0 Å². The van der Waals surface area contributed by atoms with Crippen molar-refractivity contribution in [3.05, 3.63) is 57.3 Å². The minimum absolute atomic E-state index is 0.280. The third-order valence-electron chi connectivity index (χ3n) is 4.08. The molecule has 0 saturated heterocycles. The number of aromatic nitrogens is 1. The second-order valence-corrected chi connectivity index (χ2v) is 5.62. The minimum atomic E-state index is -4.70. The molecule has 0 aliphatic carbocycles. The van der Waals surface area contributed by atoms with Crippen molar-refractivity contribution in [2.75, 3.05) is 11.9 Å². The topological polar surface area (TPSA) is 46.1 Å². The van der Waals surface area contributed by atoms with Gasteiger partial charge in [-0.1, -0.05) is 0 Å². The number of rotatable bonds is 2. The minimum Gasteiger partial charge on any atom is -0.355 e. The predicted octanol–water partition coefficient (Wildman–Crippen LogP) is 2.93. The Balaban J connectivity index is 2.10. The second kappa shape index (κ2) is 5.94. The van der Waals surface area contributed by atoms with Gasteiger partial charge in [-0.05, 0) is 36.7 Å². The highest BCUT2D eigenvalue weighted by Gasteiger charge is 2.34. The molecule has 2 N–H and O–H groups in total. The van der Waals surface area contributed by atoms with E-state index < -0.39 is 17.6 Å². The molecule has 2 aromatic rings. The maximum absolute atomic E-state index is 13.2. The molecule has 1 aromatic heterocycles. The van der Waals surface area contributed by atoms with Gasteiger partial charge in [0.25, 0.3) is 5.56 Å². The monoisotopic (exact) mass is 341 g/mol. The van der Waals surface area contributed by atoms with Crippen molar-refractivity contribution >= 4 is 11.4 Å². The van der Waals surface area contributed by atoms with Gasteiger partial charge < -0.3 is 15.2 Å². The van der Waals surface area contributed by atoms with Crippen LogP contribution in [0.1, 0.15) is 16.8 Å². The van der Waals surface area contributed by atoms with Gasteiger partial charge >= 0.3 is 6.18 Å². The fourth-order valence-corrected chi connectivity index (χ4v) is 2.84. The average molecular weight is 341 g/mol. The summed E-state index contributed by atoms with van der Waals surface area (Å²) >= 11 is 0. The van der Waals surface area contributed by atoms with Crippen LogP contribution in [0.15, 0.2) is 29.1 Å². The molecule has 24 heavy (non-hydrogen) atoms. The SMILES string of the molecule is Cn1c2c(c(Nc3ccc(F)cc3C(F)(F)F)cc1=O)CCNC2. The number of hydrogen-bond acceptors (Lipinski definition) is 3. The van der Waals surface area contributed by atoms with E-state index in [0.717, 1.165) is 23.4 Å². The summed E-state index contributed by atoms with van der Waals surface area (Å²) in [6, 6.07) is 3.70. The van der Waals surface area contributed by atoms with Crippen LogP contribution in [-0.4, -0.2) is 11.1 Å². The first kappa shape index (κ1) is 16.5. The van der Waals surface area contributed by atoms with E-state index in [1.807, 2.05) is 0 Å². The van der Waals surface area contributed by atoms with E-state index in [0.29, 0.717) is 31.3 Å².